The van der Waals surface area contributed by atoms with Crippen LogP contribution < -0.4 is 5.32 Å². The number of aryl methyl sites for hydroxylation is 1. The fourth-order valence-corrected chi connectivity index (χ4v) is 3.40. The number of hydrogen-bond donors (Lipinski definition) is 1. The molecule has 0 aliphatic carbocycles. The van der Waals surface area contributed by atoms with Gasteiger partial charge in [-0.05, 0) is 49.4 Å². The molecule has 0 saturated carbocycles. The first-order chi connectivity index (χ1) is 15.2. The summed E-state index contributed by atoms with van der Waals surface area (Å²) in [5.74, 6) is 0.551. The van der Waals surface area contributed by atoms with Gasteiger partial charge in [0, 0.05) is 23.1 Å². The van der Waals surface area contributed by atoms with Crippen LogP contribution in [-0.2, 0) is 11.2 Å². The highest BCUT2D eigenvalue weighted by molar-refractivity contribution is 5.92. The molecule has 5 aromatic rings. The SMILES string of the molecule is Cc1cccc(-n2nc(CC(=O)Nc3ccccc3)cc2-c2ccc3ncnn3c2)n1. The van der Waals surface area contributed by atoms with E-state index < -0.39 is 0 Å². The molecule has 0 radical (unpaired) electrons. The molecule has 0 atom stereocenters. The minimum Gasteiger partial charge on any atom is -0.326 e. The summed E-state index contributed by atoms with van der Waals surface area (Å²) in [5, 5.41) is 11.8. The Labute approximate surface area is 178 Å². The van der Waals surface area contributed by atoms with Crippen LogP contribution in [0.1, 0.15) is 11.4 Å². The van der Waals surface area contributed by atoms with Crippen molar-refractivity contribution in [3.63, 3.8) is 0 Å². The number of hydrogen-bond acceptors (Lipinski definition) is 5. The Morgan fingerprint density at radius 1 is 1.03 bits per heavy atom. The number of amides is 1. The van der Waals surface area contributed by atoms with Crippen LogP contribution in [-0.4, -0.2) is 35.3 Å². The van der Waals surface area contributed by atoms with Gasteiger partial charge in [0.15, 0.2) is 11.5 Å². The third-order valence-corrected chi connectivity index (χ3v) is 4.82. The molecule has 8 heteroatoms. The van der Waals surface area contributed by atoms with E-state index in [1.54, 1.807) is 9.20 Å². The molecule has 1 amide bonds. The van der Waals surface area contributed by atoms with Crippen molar-refractivity contribution in [3.8, 4) is 17.1 Å². The fourth-order valence-electron chi connectivity index (χ4n) is 3.40. The van der Waals surface area contributed by atoms with Crippen LogP contribution in [0.4, 0.5) is 5.69 Å². The van der Waals surface area contributed by atoms with Crippen LogP contribution in [0.15, 0.2) is 79.3 Å². The van der Waals surface area contributed by atoms with Gasteiger partial charge in [-0.25, -0.2) is 19.2 Å². The number of para-hydroxylation sites is 1. The number of benzene rings is 1. The van der Waals surface area contributed by atoms with Crippen LogP contribution in [0.2, 0.25) is 0 Å². The van der Waals surface area contributed by atoms with Gasteiger partial charge in [-0.15, -0.1) is 0 Å². The van der Waals surface area contributed by atoms with E-state index in [0.717, 1.165) is 28.3 Å². The lowest BCUT2D eigenvalue weighted by atomic mass is 10.1. The average molecular weight is 409 g/mol. The summed E-state index contributed by atoms with van der Waals surface area (Å²) in [6.07, 6.45) is 3.55. The Balaban J connectivity index is 1.52. The summed E-state index contributed by atoms with van der Waals surface area (Å²) in [7, 11) is 0. The van der Waals surface area contributed by atoms with Crippen molar-refractivity contribution in [2.75, 3.05) is 5.32 Å². The van der Waals surface area contributed by atoms with Crippen LogP contribution in [0, 0.1) is 6.92 Å². The maximum atomic E-state index is 12.6. The van der Waals surface area contributed by atoms with E-state index in [0.29, 0.717) is 11.5 Å². The van der Waals surface area contributed by atoms with Crippen molar-refractivity contribution < 1.29 is 4.79 Å². The smallest absolute Gasteiger partial charge is 0.230 e. The minimum absolute atomic E-state index is 0.133. The predicted octanol–water partition coefficient (Wildman–Crippen LogP) is 3.47. The van der Waals surface area contributed by atoms with Gasteiger partial charge in [0.05, 0.1) is 17.8 Å². The van der Waals surface area contributed by atoms with Crippen LogP contribution in [0.3, 0.4) is 0 Å². The molecule has 8 nitrogen and oxygen atoms in total. The van der Waals surface area contributed by atoms with Crippen molar-refractivity contribution in [3.05, 3.63) is 90.6 Å². The molecule has 0 spiro atoms. The Bertz CT molecular complexity index is 1370. The van der Waals surface area contributed by atoms with Crippen molar-refractivity contribution >= 4 is 17.2 Å². The molecule has 0 saturated heterocycles. The van der Waals surface area contributed by atoms with E-state index in [2.05, 4.69) is 20.4 Å². The van der Waals surface area contributed by atoms with Gasteiger partial charge in [0.25, 0.3) is 0 Å². The second-order valence-corrected chi connectivity index (χ2v) is 7.14. The maximum Gasteiger partial charge on any atom is 0.230 e. The first kappa shape index (κ1) is 18.7. The molecule has 1 N–H and O–H groups in total. The maximum absolute atomic E-state index is 12.6. The monoisotopic (exact) mass is 409 g/mol. The number of anilines is 1. The van der Waals surface area contributed by atoms with Gasteiger partial charge in [0.2, 0.25) is 5.91 Å². The van der Waals surface area contributed by atoms with Gasteiger partial charge in [-0.2, -0.15) is 10.2 Å². The highest BCUT2D eigenvalue weighted by Crippen LogP contribution is 2.24. The standard InChI is InChI=1S/C23H19N7O/c1-16-6-5-9-22(26-16)30-20(17-10-11-21-24-15-25-29(21)14-17)12-19(28-30)13-23(31)27-18-7-3-2-4-8-18/h2-12,14-15H,13H2,1H3,(H,27,31). The second-order valence-electron chi connectivity index (χ2n) is 7.14. The normalized spacial score (nSPS) is 11.0. The molecule has 4 aromatic heterocycles. The van der Waals surface area contributed by atoms with Gasteiger partial charge < -0.3 is 5.32 Å². The highest BCUT2D eigenvalue weighted by Gasteiger charge is 2.16. The lowest BCUT2D eigenvalue weighted by molar-refractivity contribution is -0.115. The van der Waals surface area contributed by atoms with E-state index in [1.807, 2.05) is 79.9 Å². The van der Waals surface area contributed by atoms with Crippen LogP contribution >= 0.6 is 0 Å². The fraction of sp³-hybridized carbons (Fsp3) is 0.0870. The number of pyridine rings is 2. The van der Waals surface area contributed by atoms with E-state index in [-0.39, 0.29) is 12.3 Å². The lowest BCUT2D eigenvalue weighted by Crippen LogP contribution is -2.14. The molecule has 0 fully saturated rings. The van der Waals surface area contributed by atoms with Gasteiger partial charge in [-0.1, -0.05) is 24.3 Å². The molecule has 0 aliphatic rings. The number of aromatic nitrogens is 6. The molecular weight excluding hydrogens is 390 g/mol. The molecule has 1 aromatic carbocycles. The molecule has 152 valence electrons. The van der Waals surface area contributed by atoms with E-state index in [9.17, 15) is 4.79 Å². The molecule has 31 heavy (non-hydrogen) atoms. The van der Waals surface area contributed by atoms with Crippen LogP contribution in [0.25, 0.3) is 22.7 Å². The van der Waals surface area contributed by atoms with Crippen molar-refractivity contribution in [2.24, 2.45) is 0 Å². The first-order valence-electron chi connectivity index (χ1n) is 9.83. The van der Waals surface area contributed by atoms with Gasteiger partial charge in [0.1, 0.15) is 6.33 Å². The quantitative estimate of drug-likeness (QED) is 0.480. The summed E-state index contributed by atoms with van der Waals surface area (Å²) in [5.41, 5.74) is 4.75. The molecular formula is C23H19N7O. The summed E-state index contributed by atoms with van der Waals surface area (Å²) in [6, 6.07) is 20.9. The van der Waals surface area contributed by atoms with Crippen LogP contribution in [0.5, 0.6) is 0 Å². The Morgan fingerprint density at radius 3 is 2.74 bits per heavy atom. The third-order valence-electron chi connectivity index (χ3n) is 4.82. The topological polar surface area (TPSA) is 90.0 Å². The molecule has 0 aliphatic heterocycles. The van der Waals surface area contributed by atoms with E-state index in [4.69, 9.17) is 5.10 Å². The largest absolute Gasteiger partial charge is 0.326 e. The number of rotatable bonds is 5. The van der Waals surface area contributed by atoms with Crippen molar-refractivity contribution in [1.29, 1.82) is 0 Å². The minimum atomic E-state index is -0.133. The zero-order valence-electron chi connectivity index (χ0n) is 16.8. The first-order valence-corrected chi connectivity index (χ1v) is 9.83. The Morgan fingerprint density at radius 2 is 1.90 bits per heavy atom. The summed E-state index contributed by atoms with van der Waals surface area (Å²) < 4.78 is 3.47. The number of nitrogens with zero attached hydrogens (tertiary/aromatic N) is 6. The van der Waals surface area contributed by atoms with E-state index >= 15 is 0 Å². The summed E-state index contributed by atoms with van der Waals surface area (Å²) in [6.45, 7) is 1.93. The predicted molar refractivity (Wildman–Crippen MR) is 117 cm³/mol. The molecule has 0 bridgehead atoms. The lowest BCUT2D eigenvalue weighted by Gasteiger charge is -2.07. The average Bonchev–Trinajstić information content (AvgIpc) is 3.40. The number of fused-ring (bicyclic) bond motifs is 1. The van der Waals surface area contributed by atoms with Crippen molar-refractivity contribution in [2.45, 2.75) is 13.3 Å². The van der Waals surface area contributed by atoms with Gasteiger partial charge >= 0.3 is 0 Å². The molecule has 5 rings (SSSR count). The van der Waals surface area contributed by atoms with Gasteiger partial charge in [-0.3, -0.25) is 4.79 Å². The third kappa shape index (κ3) is 3.91. The highest BCUT2D eigenvalue weighted by atomic mass is 16.1. The second kappa shape index (κ2) is 7.83. The Kier molecular flexibility index (Phi) is 4.72. The summed E-state index contributed by atoms with van der Waals surface area (Å²) >= 11 is 0. The summed E-state index contributed by atoms with van der Waals surface area (Å²) in [4.78, 5) is 21.4. The number of carbonyl (C=O) groups excluding carboxylic acids is 1. The number of nitrogens with one attached hydrogen (secondary N) is 1. The van der Waals surface area contributed by atoms with E-state index in [1.165, 1.54) is 6.33 Å². The molecule has 4 heterocycles. The number of carbonyl (C=O) groups is 1. The zero-order valence-corrected chi connectivity index (χ0v) is 16.8. The van der Waals surface area contributed by atoms with Crippen molar-refractivity contribution in [1.82, 2.24) is 29.4 Å². The zero-order chi connectivity index (χ0) is 21.2. The Hall–Kier alpha value is -4.33. The molecule has 0 unspecified atom stereocenters.